The number of carbonyl (C=O) groups excluding carboxylic acids is 3. The van der Waals surface area contributed by atoms with Crippen LogP contribution in [-0.2, 0) is 22.4 Å². The zero-order valence-corrected chi connectivity index (χ0v) is 15.7. The molecule has 0 saturated carbocycles. The zero-order chi connectivity index (χ0) is 20.0. The van der Waals surface area contributed by atoms with Gasteiger partial charge < -0.3 is 15.2 Å². The van der Waals surface area contributed by atoms with Gasteiger partial charge in [-0.05, 0) is 29.7 Å². The fraction of sp³-hybridized carbons (Fsp3) is 0.227. The normalized spacial score (nSPS) is 18.4. The predicted octanol–water partition coefficient (Wildman–Crippen LogP) is 2.22. The lowest BCUT2D eigenvalue weighted by atomic mass is 10.1. The van der Waals surface area contributed by atoms with Crippen molar-refractivity contribution in [2.45, 2.75) is 18.9 Å². The molecule has 1 atom stereocenters. The molecule has 7 heteroatoms. The van der Waals surface area contributed by atoms with Crippen LogP contribution in [0.4, 0.5) is 10.5 Å². The number of para-hydroxylation sites is 2. The Bertz CT molecular complexity index is 1140. The summed E-state index contributed by atoms with van der Waals surface area (Å²) < 4.78 is 0. The Labute approximate surface area is 167 Å². The van der Waals surface area contributed by atoms with E-state index >= 15 is 0 Å². The molecule has 2 aromatic carbocycles. The first-order valence-electron chi connectivity index (χ1n) is 9.67. The molecule has 7 nitrogen and oxygen atoms in total. The van der Waals surface area contributed by atoms with Gasteiger partial charge in [0.15, 0.2) is 0 Å². The van der Waals surface area contributed by atoms with Crippen molar-refractivity contribution in [2.24, 2.45) is 0 Å². The zero-order valence-electron chi connectivity index (χ0n) is 15.7. The molecule has 0 aliphatic carbocycles. The topological polar surface area (TPSA) is 85.5 Å². The highest BCUT2D eigenvalue weighted by Crippen LogP contribution is 2.28. The summed E-state index contributed by atoms with van der Waals surface area (Å²) in [6.45, 7) is 0.323. The first-order chi connectivity index (χ1) is 14.1. The average Bonchev–Trinajstić information content (AvgIpc) is 3.41. The number of aromatic amines is 1. The maximum Gasteiger partial charge on any atom is 0.325 e. The summed E-state index contributed by atoms with van der Waals surface area (Å²) >= 11 is 0. The van der Waals surface area contributed by atoms with Gasteiger partial charge in [-0.2, -0.15) is 0 Å². The molecule has 1 fully saturated rings. The van der Waals surface area contributed by atoms with Crippen LogP contribution in [0.1, 0.15) is 11.1 Å². The van der Waals surface area contributed by atoms with Crippen molar-refractivity contribution >= 4 is 34.4 Å². The van der Waals surface area contributed by atoms with Crippen LogP contribution in [-0.4, -0.2) is 46.9 Å². The second-order valence-corrected chi connectivity index (χ2v) is 7.41. The van der Waals surface area contributed by atoms with Gasteiger partial charge in [0.05, 0.1) is 0 Å². The van der Waals surface area contributed by atoms with Crippen molar-refractivity contribution in [3.63, 3.8) is 0 Å². The number of nitrogens with one attached hydrogen (secondary N) is 2. The minimum Gasteiger partial charge on any atom is -0.361 e. The van der Waals surface area contributed by atoms with Gasteiger partial charge in [-0.3, -0.25) is 14.5 Å². The van der Waals surface area contributed by atoms with Gasteiger partial charge in [-0.15, -0.1) is 0 Å². The molecular weight excluding hydrogens is 368 g/mol. The summed E-state index contributed by atoms with van der Waals surface area (Å²) in [5.74, 6) is -0.604. The fourth-order valence-corrected chi connectivity index (χ4v) is 4.20. The molecule has 4 amide bonds. The van der Waals surface area contributed by atoms with Crippen molar-refractivity contribution in [1.82, 2.24) is 15.2 Å². The molecule has 0 bridgehead atoms. The van der Waals surface area contributed by atoms with E-state index in [4.69, 9.17) is 0 Å². The Morgan fingerprint density at radius 1 is 1.07 bits per heavy atom. The molecule has 146 valence electrons. The molecule has 29 heavy (non-hydrogen) atoms. The number of fused-ring (bicyclic) bond motifs is 2. The molecular formula is C22H20N4O3. The number of hydrogen-bond donors (Lipinski definition) is 2. The first-order valence-corrected chi connectivity index (χ1v) is 9.67. The number of urea groups is 1. The quantitative estimate of drug-likeness (QED) is 0.672. The van der Waals surface area contributed by atoms with Crippen molar-refractivity contribution in [1.29, 1.82) is 0 Å². The van der Waals surface area contributed by atoms with Crippen LogP contribution in [0.15, 0.2) is 54.7 Å². The highest BCUT2D eigenvalue weighted by Gasteiger charge is 2.40. The van der Waals surface area contributed by atoms with Gasteiger partial charge in [-0.1, -0.05) is 36.4 Å². The van der Waals surface area contributed by atoms with Crippen molar-refractivity contribution in [3.8, 4) is 0 Å². The lowest BCUT2D eigenvalue weighted by Gasteiger charge is -2.20. The standard InChI is InChI=1S/C22H20N4O3/c27-20(25-10-9-14-5-1-4-8-19(14)25)13-26-21(28)18(24-22(26)29)11-15-12-23-17-7-3-2-6-16(15)17/h1-8,12,18,23H,9-11,13H2,(H,24,29)/t18-/m0/s1. The Kier molecular flexibility index (Phi) is 4.08. The van der Waals surface area contributed by atoms with E-state index in [-0.39, 0.29) is 18.4 Å². The van der Waals surface area contributed by atoms with Crippen LogP contribution in [0.5, 0.6) is 0 Å². The Balaban J connectivity index is 1.30. The number of anilines is 1. The summed E-state index contributed by atoms with van der Waals surface area (Å²) in [4.78, 5) is 43.9. The van der Waals surface area contributed by atoms with Crippen LogP contribution in [0, 0.1) is 0 Å². The maximum atomic E-state index is 12.8. The summed E-state index contributed by atoms with van der Waals surface area (Å²) in [5.41, 5.74) is 3.91. The summed E-state index contributed by atoms with van der Waals surface area (Å²) in [6, 6.07) is 14.4. The largest absolute Gasteiger partial charge is 0.361 e. The third-order valence-corrected chi connectivity index (χ3v) is 5.69. The molecule has 2 aliphatic rings. The Morgan fingerprint density at radius 3 is 2.76 bits per heavy atom. The third kappa shape index (κ3) is 2.95. The molecule has 3 aromatic rings. The molecule has 0 spiro atoms. The van der Waals surface area contributed by atoms with Gasteiger partial charge in [0.1, 0.15) is 12.6 Å². The number of aromatic nitrogens is 1. The second-order valence-electron chi connectivity index (χ2n) is 7.41. The Hall–Kier alpha value is -3.61. The van der Waals surface area contributed by atoms with Gasteiger partial charge in [0, 0.05) is 35.8 Å². The van der Waals surface area contributed by atoms with Gasteiger partial charge in [0.2, 0.25) is 5.91 Å². The molecule has 0 radical (unpaired) electrons. The first kappa shape index (κ1) is 17.5. The summed E-state index contributed by atoms with van der Waals surface area (Å²) in [7, 11) is 0. The Morgan fingerprint density at radius 2 is 1.86 bits per heavy atom. The number of carbonyl (C=O) groups is 3. The molecule has 2 aliphatic heterocycles. The van der Waals surface area contributed by atoms with Crippen molar-refractivity contribution in [2.75, 3.05) is 18.0 Å². The highest BCUT2D eigenvalue weighted by molar-refractivity contribution is 6.09. The summed E-state index contributed by atoms with van der Waals surface area (Å²) in [5, 5.41) is 3.75. The monoisotopic (exact) mass is 388 g/mol. The van der Waals surface area contributed by atoms with E-state index in [2.05, 4.69) is 10.3 Å². The SMILES string of the molecule is O=C1N[C@@H](Cc2c[nH]c3ccccc23)C(=O)N1CC(=O)N1CCc2ccccc21. The van der Waals surface area contributed by atoms with Crippen molar-refractivity contribution < 1.29 is 14.4 Å². The van der Waals surface area contributed by atoms with Crippen LogP contribution in [0.25, 0.3) is 10.9 Å². The van der Waals surface area contributed by atoms with Crippen LogP contribution >= 0.6 is 0 Å². The fourth-order valence-electron chi connectivity index (χ4n) is 4.20. The van der Waals surface area contributed by atoms with Crippen molar-refractivity contribution in [3.05, 3.63) is 65.9 Å². The maximum absolute atomic E-state index is 12.8. The number of hydrogen-bond acceptors (Lipinski definition) is 3. The van der Waals surface area contributed by atoms with Gasteiger partial charge in [-0.25, -0.2) is 4.79 Å². The molecule has 1 aromatic heterocycles. The summed E-state index contributed by atoms with van der Waals surface area (Å²) in [6.07, 6.45) is 3.02. The molecule has 2 N–H and O–H groups in total. The number of benzene rings is 2. The third-order valence-electron chi connectivity index (χ3n) is 5.69. The van der Waals surface area contributed by atoms with Crippen LogP contribution in [0.3, 0.4) is 0 Å². The van der Waals surface area contributed by atoms with Gasteiger partial charge in [0.25, 0.3) is 5.91 Å². The predicted molar refractivity (Wildman–Crippen MR) is 109 cm³/mol. The molecule has 3 heterocycles. The second kappa shape index (κ2) is 6.77. The van der Waals surface area contributed by atoms with E-state index < -0.39 is 12.1 Å². The van der Waals surface area contributed by atoms with E-state index in [9.17, 15) is 14.4 Å². The van der Waals surface area contributed by atoms with E-state index in [0.29, 0.717) is 13.0 Å². The lowest BCUT2D eigenvalue weighted by Crippen LogP contribution is -2.43. The molecule has 1 saturated heterocycles. The van der Waals surface area contributed by atoms with E-state index in [1.54, 1.807) is 4.90 Å². The van der Waals surface area contributed by atoms with Crippen LogP contribution < -0.4 is 10.2 Å². The average molecular weight is 388 g/mol. The smallest absolute Gasteiger partial charge is 0.325 e. The molecule has 0 unspecified atom stereocenters. The highest BCUT2D eigenvalue weighted by atomic mass is 16.2. The number of rotatable bonds is 4. The van der Waals surface area contributed by atoms with E-state index in [1.165, 1.54) is 0 Å². The van der Waals surface area contributed by atoms with Crippen LogP contribution in [0.2, 0.25) is 0 Å². The molecule has 5 rings (SSSR count). The number of nitrogens with zero attached hydrogens (tertiary/aromatic N) is 2. The minimum atomic E-state index is -0.666. The lowest BCUT2D eigenvalue weighted by molar-refractivity contribution is -0.131. The number of imide groups is 1. The van der Waals surface area contributed by atoms with E-state index in [0.717, 1.165) is 39.0 Å². The van der Waals surface area contributed by atoms with Gasteiger partial charge >= 0.3 is 6.03 Å². The van der Waals surface area contributed by atoms with E-state index in [1.807, 2.05) is 54.7 Å². The minimum absolute atomic E-state index is 0.244. The number of H-pyrrole nitrogens is 1. The number of amides is 4.